The summed E-state index contributed by atoms with van der Waals surface area (Å²) in [6.45, 7) is 11.6. The zero-order valence-corrected chi connectivity index (χ0v) is 23.9. The average molecular weight is 531 g/mol. The van der Waals surface area contributed by atoms with Crippen molar-refractivity contribution in [3.8, 4) is 5.75 Å². The Labute approximate surface area is 232 Å². The minimum absolute atomic E-state index is 0.0794. The van der Waals surface area contributed by atoms with Gasteiger partial charge in [0.15, 0.2) is 0 Å². The molecular formula is C31H42N6O2. The van der Waals surface area contributed by atoms with Crippen LogP contribution >= 0.6 is 0 Å². The lowest BCUT2D eigenvalue weighted by molar-refractivity contribution is 0.0943. The Morgan fingerprint density at radius 2 is 1.87 bits per heavy atom. The number of aryl methyl sites for hydroxylation is 3. The number of methoxy groups -OCH3 is 1. The van der Waals surface area contributed by atoms with E-state index in [1.165, 1.54) is 16.8 Å². The molecule has 0 unspecified atom stereocenters. The van der Waals surface area contributed by atoms with Gasteiger partial charge in [0.2, 0.25) is 0 Å². The van der Waals surface area contributed by atoms with Crippen molar-refractivity contribution in [3.05, 3.63) is 76.7 Å². The van der Waals surface area contributed by atoms with Crippen molar-refractivity contribution in [1.82, 2.24) is 20.2 Å². The highest BCUT2D eigenvalue weighted by molar-refractivity contribution is 5.96. The number of nitrogens with zero attached hydrogens (tertiary/aromatic N) is 4. The minimum atomic E-state index is -0.0794. The molecule has 3 N–H and O–H groups in total. The number of anilines is 2. The first-order valence-electron chi connectivity index (χ1n) is 13.8. The van der Waals surface area contributed by atoms with E-state index >= 15 is 0 Å². The lowest BCUT2D eigenvalue weighted by Crippen LogP contribution is -2.48. The molecule has 39 heavy (non-hydrogen) atoms. The van der Waals surface area contributed by atoms with Gasteiger partial charge in [0.1, 0.15) is 11.6 Å². The summed E-state index contributed by atoms with van der Waals surface area (Å²) in [6.07, 6.45) is 6.90. The van der Waals surface area contributed by atoms with Gasteiger partial charge in [-0.1, -0.05) is 0 Å². The molecule has 8 heteroatoms. The van der Waals surface area contributed by atoms with Gasteiger partial charge in [-0.15, -0.1) is 0 Å². The molecule has 1 saturated heterocycles. The van der Waals surface area contributed by atoms with Gasteiger partial charge in [-0.25, -0.2) is 4.98 Å². The Morgan fingerprint density at radius 3 is 2.51 bits per heavy atom. The number of pyridine rings is 2. The molecular weight excluding hydrogens is 488 g/mol. The summed E-state index contributed by atoms with van der Waals surface area (Å²) in [6, 6.07) is 13.0. The lowest BCUT2D eigenvalue weighted by atomic mass is 9.99. The molecule has 1 aliphatic rings. The highest BCUT2D eigenvalue weighted by Gasteiger charge is 2.28. The summed E-state index contributed by atoms with van der Waals surface area (Å²) < 4.78 is 5.39. The molecule has 0 saturated carbocycles. The van der Waals surface area contributed by atoms with Crippen molar-refractivity contribution in [3.63, 3.8) is 0 Å². The van der Waals surface area contributed by atoms with Gasteiger partial charge in [-0.3, -0.25) is 9.78 Å². The molecule has 1 atom stereocenters. The number of nitrogens with two attached hydrogens (primary N) is 1. The first-order chi connectivity index (χ1) is 18.8. The number of aromatic nitrogens is 2. The molecule has 3 aromatic rings. The van der Waals surface area contributed by atoms with Crippen LogP contribution in [-0.2, 0) is 6.54 Å². The molecule has 0 bridgehead atoms. The second kappa shape index (κ2) is 12.9. The molecule has 0 spiro atoms. The number of ether oxygens (including phenoxy) is 1. The van der Waals surface area contributed by atoms with Crippen LogP contribution in [0, 0.1) is 20.8 Å². The smallest absolute Gasteiger partial charge is 0.253 e. The number of benzene rings is 1. The summed E-state index contributed by atoms with van der Waals surface area (Å²) in [4.78, 5) is 26.5. The molecule has 1 aromatic carbocycles. The number of hydrogen-bond acceptors (Lipinski definition) is 7. The van der Waals surface area contributed by atoms with Crippen LogP contribution < -0.4 is 20.7 Å². The van der Waals surface area contributed by atoms with E-state index in [2.05, 4.69) is 57.1 Å². The van der Waals surface area contributed by atoms with E-state index < -0.39 is 0 Å². The highest BCUT2D eigenvalue weighted by Crippen LogP contribution is 2.29. The second-order valence-corrected chi connectivity index (χ2v) is 10.6. The highest BCUT2D eigenvalue weighted by atomic mass is 16.5. The molecule has 1 aliphatic heterocycles. The van der Waals surface area contributed by atoms with E-state index in [0.29, 0.717) is 35.7 Å². The van der Waals surface area contributed by atoms with Crippen molar-refractivity contribution < 1.29 is 9.53 Å². The maximum Gasteiger partial charge on any atom is 0.253 e. The standard InChI is InChI=1S/C31H42N6O2/c1-21-10-14-33-19-25(21)20-37(26-6-8-28(39-5)9-7-26)27-12-16-36(17-13-27)23(3)11-15-34-31(38)30-22(2)18-29(32)35-24(30)4/h6-10,14,18-19,23,27H,11-13,15-17,20H2,1-5H3,(H2,32,35)(H,34,38)/t23-/m1/s1. The van der Waals surface area contributed by atoms with Crippen LogP contribution in [0.3, 0.4) is 0 Å². The number of carbonyl (C=O) groups is 1. The largest absolute Gasteiger partial charge is 0.497 e. The monoisotopic (exact) mass is 530 g/mol. The fourth-order valence-electron chi connectivity index (χ4n) is 5.56. The molecule has 3 heterocycles. The van der Waals surface area contributed by atoms with Gasteiger partial charge in [0, 0.05) is 56.3 Å². The van der Waals surface area contributed by atoms with Crippen LogP contribution in [-0.4, -0.2) is 59.6 Å². The van der Waals surface area contributed by atoms with E-state index in [1.54, 1.807) is 13.2 Å². The fraction of sp³-hybridized carbons (Fsp3) is 0.452. The molecule has 1 fully saturated rings. The number of nitrogen functional groups attached to an aromatic ring is 1. The Balaban J connectivity index is 1.34. The van der Waals surface area contributed by atoms with Crippen molar-refractivity contribution in [2.75, 3.05) is 37.4 Å². The second-order valence-electron chi connectivity index (χ2n) is 10.6. The lowest BCUT2D eigenvalue weighted by Gasteiger charge is -2.42. The molecule has 208 valence electrons. The van der Waals surface area contributed by atoms with Crippen LogP contribution in [0.2, 0.25) is 0 Å². The molecule has 1 amide bonds. The summed E-state index contributed by atoms with van der Waals surface area (Å²) in [5, 5.41) is 3.09. The Kier molecular flexibility index (Phi) is 9.41. The maximum absolute atomic E-state index is 12.8. The summed E-state index contributed by atoms with van der Waals surface area (Å²) in [5.74, 6) is 1.23. The minimum Gasteiger partial charge on any atom is -0.497 e. The molecule has 0 radical (unpaired) electrons. The van der Waals surface area contributed by atoms with Crippen molar-refractivity contribution in [2.24, 2.45) is 0 Å². The van der Waals surface area contributed by atoms with E-state index in [4.69, 9.17) is 10.5 Å². The number of carbonyl (C=O) groups excluding carboxylic acids is 1. The van der Waals surface area contributed by atoms with Crippen LogP contribution in [0.4, 0.5) is 11.5 Å². The number of likely N-dealkylation sites (tertiary alicyclic amines) is 1. The summed E-state index contributed by atoms with van der Waals surface area (Å²) >= 11 is 0. The number of rotatable bonds is 10. The third-order valence-corrected chi connectivity index (χ3v) is 7.95. The third kappa shape index (κ3) is 7.06. The first-order valence-corrected chi connectivity index (χ1v) is 13.8. The summed E-state index contributed by atoms with van der Waals surface area (Å²) in [5.41, 5.74) is 11.7. The van der Waals surface area contributed by atoms with Crippen LogP contribution in [0.1, 0.15) is 58.9 Å². The molecule has 4 rings (SSSR count). The maximum atomic E-state index is 12.8. The number of amides is 1. The number of piperidine rings is 1. The van der Waals surface area contributed by atoms with E-state index in [-0.39, 0.29) is 5.91 Å². The Hall–Kier alpha value is -3.65. The SMILES string of the molecule is COc1ccc(N(Cc2cnccc2C)C2CCN([C@H](C)CCNC(=O)c3c(C)cc(N)nc3C)CC2)cc1. The first kappa shape index (κ1) is 28.4. The quantitative estimate of drug-likeness (QED) is 0.393. The molecule has 8 nitrogen and oxygen atoms in total. The van der Waals surface area contributed by atoms with Gasteiger partial charge in [-0.2, -0.15) is 0 Å². The van der Waals surface area contributed by atoms with Crippen LogP contribution in [0.5, 0.6) is 5.75 Å². The van der Waals surface area contributed by atoms with Crippen molar-refractivity contribution in [2.45, 2.75) is 65.6 Å². The van der Waals surface area contributed by atoms with Gasteiger partial charge in [0.05, 0.1) is 18.4 Å². The Bertz CT molecular complexity index is 1230. The predicted octanol–water partition coefficient (Wildman–Crippen LogP) is 4.67. The van der Waals surface area contributed by atoms with E-state index in [9.17, 15) is 4.79 Å². The fourth-order valence-corrected chi connectivity index (χ4v) is 5.56. The van der Waals surface area contributed by atoms with E-state index in [1.807, 2.05) is 38.4 Å². The van der Waals surface area contributed by atoms with Crippen molar-refractivity contribution >= 4 is 17.4 Å². The van der Waals surface area contributed by atoms with Crippen LogP contribution in [0.15, 0.2) is 48.8 Å². The third-order valence-electron chi connectivity index (χ3n) is 7.95. The van der Waals surface area contributed by atoms with Crippen LogP contribution in [0.25, 0.3) is 0 Å². The van der Waals surface area contributed by atoms with Gasteiger partial charge in [0.25, 0.3) is 5.91 Å². The topological polar surface area (TPSA) is 96.6 Å². The van der Waals surface area contributed by atoms with E-state index in [0.717, 1.165) is 50.2 Å². The molecule has 0 aliphatic carbocycles. The Morgan fingerprint density at radius 1 is 1.15 bits per heavy atom. The van der Waals surface area contributed by atoms with Gasteiger partial charge in [-0.05, 0) is 100 Å². The predicted molar refractivity (Wildman–Crippen MR) is 157 cm³/mol. The average Bonchev–Trinajstić information content (AvgIpc) is 2.92. The molecule has 2 aromatic heterocycles. The number of hydrogen-bond donors (Lipinski definition) is 2. The zero-order chi connectivity index (χ0) is 27.9. The normalized spacial score (nSPS) is 15.1. The van der Waals surface area contributed by atoms with Gasteiger partial charge >= 0.3 is 0 Å². The zero-order valence-electron chi connectivity index (χ0n) is 23.9. The van der Waals surface area contributed by atoms with Crippen molar-refractivity contribution in [1.29, 1.82) is 0 Å². The summed E-state index contributed by atoms with van der Waals surface area (Å²) in [7, 11) is 1.70. The van der Waals surface area contributed by atoms with Gasteiger partial charge < -0.3 is 25.6 Å². The number of nitrogens with one attached hydrogen (secondary N) is 1.